The molecular formula is C25H24N2O4S. The second-order valence-corrected chi connectivity index (χ2v) is 9.29. The number of likely N-dealkylation sites (N-methyl/N-ethyl adjacent to an activating group) is 1. The summed E-state index contributed by atoms with van der Waals surface area (Å²) < 4.78 is 34.9. The van der Waals surface area contributed by atoms with E-state index in [4.69, 9.17) is 4.74 Å². The molecule has 0 aromatic heterocycles. The molecule has 4 rings (SSSR count). The third kappa shape index (κ3) is 3.70. The van der Waals surface area contributed by atoms with Gasteiger partial charge in [-0.2, -0.15) is 0 Å². The topological polar surface area (TPSA) is 81.7 Å². The number of rotatable bonds is 5. The molecule has 1 aliphatic rings. The number of nitrogens with zero attached hydrogens (tertiary/aromatic N) is 1. The second-order valence-electron chi connectivity index (χ2n) is 7.54. The van der Waals surface area contributed by atoms with Crippen LogP contribution in [0.2, 0.25) is 0 Å². The normalized spacial score (nSPS) is 17.7. The lowest BCUT2D eigenvalue weighted by Crippen LogP contribution is -2.45. The number of hydrogen-bond donors (Lipinski definition) is 1. The Balaban J connectivity index is 1.99. The average Bonchev–Trinajstić information content (AvgIpc) is 2.79. The Kier molecular flexibility index (Phi) is 5.86. The number of ether oxygens (including phenoxy) is 1. The summed E-state index contributed by atoms with van der Waals surface area (Å²) in [4.78, 5) is 13.2. The maximum absolute atomic E-state index is 13.8. The van der Waals surface area contributed by atoms with Crippen LogP contribution >= 0.6 is 0 Å². The summed E-state index contributed by atoms with van der Waals surface area (Å²) in [7, 11) is -2.59. The highest BCUT2D eigenvalue weighted by Gasteiger charge is 2.47. The number of carbonyl (C=O) groups excluding carboxylic acids is 1. The van der Waals surface area contributed by atoms with Gasteiger partial charge in [-0.25, -0.2) is 0 Å². The number of hydrogen-bond acceptors (Lipinski definition) is 4. The third-order valence-electron chi connectivity index (χ3n) is 5.38. The highest BCUT2D eigenvalue weighted by molar-refractivity contribution is 7.99. The molecule has 1 atom stereocenters. The minimum Gasteiger partial charge on any atom is -0.588 e. The van der Waals surface area contributed by atoms with Crippen molar-refractivity contribution in [2.45, 2.75) is 25.3 Å². The first-order valence-corrected chi connectivity index (χ1v) is 11.6. The molecule has 1 unspecified atom stereocenters. The van der Waals surface area contributed by atoms with Crippen LogP contribution in [0.1, 0.15) is 22.3 Å². The molecule has 6 nitrogen and oxygen atoms in total. The summed E-state index contributed by atoms with van der Waals surface area (Å²) in [5.74, 6) is -0.324. The summed E-state index contributed by atoms with van der Waals surface area (Å²) >= 11 is 0. The second kappa shape index (κ2) is 8.61. The molecule has 3 aromatic rings. The number of para-hydroxylation sites is 1. The maximum atomic E-state index is 13.8. The molecule has 1 heterocycles. The van der Waals surface area contributed by atoms with E-state index in [1.165, 1.54) is 13.1 Å². The SMILES string of the molecule is CNC(=O)C1=C(OCc2ccccc2)c2ccccc2[S+](=O)([O-])N1c1c(C)cccc1C. The van der Waals surface area contributed by atoms with Crippen LogP contribution in [0.15, 0.2) is 83.4 Å². The highest BCUT2D eigenvalue weighted by Crippen LogP contribution is 2.45. The molecule has 3 aromatic carbocycles. The van der Waals surface area contributed by atoms with Gasteiger partial charge in [-0.1, -0.05) is 64.9 Å². The lowest BCUT2D eigenvalue weighted by molar-refractivity contribution is -0.117. The first kappa shape index (κ1) is 21.8. The standard InChI is InChI=1S/C25H24N2O4S/c1-17-10-9-11-18(2)22(17)27-23(25(28)26-3)24(31-16-19-12-5-4-6-13-19)20-14-7-8-15-21(20)32(27,29)30/h4-15H,16H2,1-3H3,(H-,26,28,29,30). The predicted octanol–water partition coefficient (Wildman–Crippen LogP) is 4.36. The number of amides is 1. The van der Waals surface area contributed by atoms with Crippen molar-refractivity contribution in [2.75, 3.05) is 11.4 Å². The van der Waals surface area contributed by atoms with Gasteiger partial charge in [-0.15, -0.1) is 4.31 Å². The number of carbonyl (C=O) groups is 1. The monoisotopic (exact) mass is 448 g/mol. The lowest BCUT2D eigenvalue weighted by Gasteiger charge is -2.36. The highest BCUT2D eigenvalue weighted by atomic mass is 32.3. The number of anilines is 1. The fourth-order valence-electron chi connectivity index (χ4n) is 3.87. The van der Waals surface area contributed by atoms with Gasteiger partial charge < -0.3 is 14.6 Å². The molecule has 164 valence electrons. The van der Waals surface area contributed by atoms with Crippen LogP contribution in [0.3, 0.4) is 0 Å². The van der Waals surface area contributed by atoms with E-state index in [1.807, 2.05) is 62.4 Å². The van der Waals surface area contributed by atoms with E-state index in [0.29, 0.717) is 11.3 Å². The first-order chi connectivity index (χ1) is 15.4. The van der Waals surface area contributed by atoms with E-state index in [2.05, 4.69) is 5.32 Å². The smallest absolute Gasteiger partial charge is 0.276 e. The van der Waals surface area contributed by atoms with E-state index in [1.54, 1.807) is 18.2 Å². The van der Waals surface area contributed by atoms with E-state index in [0.717, 1.165) is 21.0 Å². The molecule has 0 saturated carbocycles. The van der Waals surface area contributed by atoms with Gasteiger partial charge in [0.2, 0.25) is 0 Å². The maximum Gasteiger partial charge on any atom is 0.276 e. The van der Waals surface area contributed by atoms with Gasteiger partial charge in [0.15, 0.2) is 26.8 Å². The van der Waals surface area contributed by atoms with Crippen molar-refractivity contribution in [3.8, 4) is 0 Å². The number of sulfonamides is 1. The third-order valence-corrected chi connectivity index (χ3v) is 7.14. The molecule has 0 spiro atoms. The first-order valence-electron chi connectivity index (χ1n) is 10.2. The van der Waals surface area contributed by atoms with Gasteiger partial charge in [-0.05, 0) is 42.7 Å². The van der Waals surface area contributed by atoms with Crippen LogP contribution in [0.5, 0.6) is 0 Å². The Bertz CT molecular complexity index is 1230. The van der Waals surface area contributed by atoms with Crippen LogP contribution in [-0.4, -0.2) is 17.5 Å². The van der Waals surface area contributed by atoms with Gasteiger partial charge in [-0.3, -0.25) is 4.79 Å². The zero-order valence-corrected chi connectivity index (χ0v) is 18.9. The zero-order chi connectivity index (χ0) is 22.9. The molecular weight excluding hydrogens is 424 g/mol. The van der Waals surface area contributed by atoms with Crippen LogP contribution in [0.4, 0.5) is 5.69 Å². The van der Waals surface area contributed by atoms with Gasteiger partial charge in [0.25, 0.3) is 5.91 Å². The van der Waals surface area contributed by atoms with Crippen molar-refractivity contribution >= 4 is 27.8 Å². The Hall–Kier alpha value is -3.42. The fourth-order valence-corrected chi connectivity index (χ4v) is 5.69. The van der Waals surface area contributed by atoms with Crippen molar-refractivity contribution < 1.29 is 18.3 Å². The van der Waals surface area contributed by atoms with Crippen LogP contribution in [-0.2, 0) is 30.7 Å². The molecule has 0 bridgehead atoms. The molecule has 1 amide bonds. The number of nitrogens with one attached hydrogen (secondary N) is 1. The summed E-state index contributed by atoms with van der Waals surface area (Å²) in [6, 6.07) is 21.6. The summed E-state index contributed by atoms with van der Waals surface area (Å²) in [6.07, 6.45) is 0. The van der Waals surface area contributed by atoms with Crippen LogP contribution in [0, 0.1) is 13.8 Å². The molecule has 0 saturated heterocycles. The van der Waals surface area contributed by atoms with Crippen molar-refractivity contribution in [3.05, 3.63) is 101 Å². The molecule has 0 radical (unpaired) electrons. The number of fused-ring (bicyclic) bond motifs is 1. The number of aryl methyl sites for hydroxylation is 2. The van der Waals surface area contributed by atoms with Gasteiger partial charge >= 0.3 is 0 Å². The quantitative estimate of drug-likeness (QED) is 0.588. The molecule has 32 heavy (non-hydrogen) atoms. The van der Waals surface area contributed by atoms with E-state index >= 15 is 0 Å². The lowest BCUT2D eigenvalue weighted by atomic mass is 10.1. The minimum absolute atomic E-state index is 0.0560. The van der Waals surface area contributed by atoms with E-state index < -0.39 is 16.3 Å². The Labute approximate surface area is 188 Å². The molecule has 1 N–H and O–H groups in total. The van der Waals surface area contributed by atoms with Crippen LogP contribution in [0.25, 0.3) is 5.76 Å². The molecule has 7 heteroatoms. The van der Waals surface area contributed by atoms with Crippen molar-refractivity contribution in [2.24, 2.45) is 0 Å². The fraction of sp³-hybridized carbons (Fsp3) is 0.160. The van der Waals surface area contributed by atoms with E-state index in [9.17, 15) is 13.6 Å². The van der Waals surface area contributed by atoms with Crippen molar-refractivity contribution in [1.29, 1.82) is 0 Å². The summed E-state index contributed by atoms with van der Waals surface area (Å²) in [5.41, 5.74) is 3.12. The Morgan fingerprint density at radius 3 is 2.25 bits per heavy atom. The van der Waals surface area contributed by atoms with Crippen molar-refractivity contribution in [3.63, 3.8) is 0 Å². The van der Waals surface area contributed by atoms with Gasteiger partial charge in [0.1, 0.15) is 6.61 Å². The average molecular weight is 449 g/mol. The summed E-state index contributed by atoms with van der Waals surface area (Å²) in [6.45, 7) is 3.83. The van der Waals surface area contributed by atoms with Crippen LogP contribution < -0.4 is 9.62 Å². The molecule has 0 aliphatic carbocycles. The molecule has 1 aliphatic heterocycles. The molecule has 0 fully saturated rings. The summed E-state index contributed by atoms with van der Waals surface area (Å²) in [5, 5.41) is 2.59. The Morgan fingerprint density at radius 2 is 1.59 bits per heavy atom. The van der Waals surface area contributed by atoms with Gasteiger partial charge in [0, 0.05) is 7.05 Å². The van der Waals surface area contributed by atoms with Crippen molar-refractivity contribution in [1.82, 2.24) is 5.32 Å². The predicted molar refractivity (Wildman–Crippen MR) is 124 cm³/mol. The Morgan fingerprint density at radius 1 is 0.969 bits per heavy atom. The van der Waals surface area contributed by atoms with E-state index in [-0.39, 0.29) is 23.0 Å². The van der Waals surface area contributed by atoms with Gasteiger partial charge in [0.05, 0.1) is 11.3 Å². The largest absolute Gasteiger partial charge is 0.588 e. The zero-order valence-electron chi connectivity index (χ0n) is 18.1. The number of benzene rings is 3. The minimum atomic E-state index is -4.07.